The summed E-state index contributed by atoms with van der Waals surface area (Å²) in [6.07, 6.45) is 1.05. The Kier molecular flexibility index (Phi) is 4.81. The molecule has 7 nitrogen and oxygen atoms in total. The highest BCUT2D eigenvalue weighted by molar-refractivity contribution is 7.88. The first-order chi connectivity index (χ1) is 10.7. The minimum Gasteiger partial charge on any atom is -0.466 e. The van der Waals surface area contributed by atoms with Crippen LogP contribution in [0.4, 0.5) is 15.8 Å². The van der Waals surface area contributed by atoms with Gasteiger partial charge in [-0.1, -0.05) is 6.07 Å². The van der Waals surface area contributed by atoms with E-state index in [1.807, 2.05) is 0 Å². The zero-order valence-electron chi connectivity index (χ0n) is 13.0. The maximum absolute atomic E-state index is 14.4. The predicted molar refractivity (Wildman–Crippen MR) is 84.5 cm³/mol. The van der Waals surface area contributed by atoms with Crippen molar-refractivity contribution in [3.05, 3.63) is 23.5 Å². The van der Waals surface area contributed by atoms with Crippen LogP contribution in [0.1, 0.15) is 18.4 Å². The van der Waals surface area contributed by atoms with E-state index in [9.17, 15) is 17.6 Å². The van der Waals surface area contributed by atoms with Gasteiger partial charge in [-0.3, -0.25) is 4.79 Å². The number of sulfonamides is 1. The fraction of sp³-hybridized carbons (Fsp3) is 0.500. The summed E-state index contributed by atoms with van der Waals surface area (Å²) in [6.45, 7) is 1.75. The number of hydrogen-bond donors (Lipinski definition) is 2. The van der Waals surface area contributed by atoms with Crippen LogP contribution in [-0.4, -0.2) is 44.6 Å². The maximum atomic E-state index is 14.4. The molecule has 128 valence electrons. The number of nitrogen functional groups attached to an aromatic ring is 2. The van der Waals surface area contributed by atoms with Crippen molar-refractivity contribution >= 4 is 27.4 Å². The minimum absolute atomic E-state index is 0.0113. The Labute approximate surface area is 134 Å². The second-order valence-corrected chi connectivity index (χ2v) is 7.50. The van der Waals surface area contributed by atoms with Crippen molar-refractivity contribution in [2.45, 2.75) is 12.8 Å². The molecule has 0 aromatic heterocycles. The third-order valence-corrected chi connectivity index (χ3v) is 5.22. The summed E-state index contributed by atoms with van der Waals surface area (Å²) in [7, 11) is -3.51. The normalized spacial score (nSPS) is 22.2. The average Bonchev–Trinajstić information content (AvgIpc) is 2.90. The topological polar surface area (TPSA) is 116 Å². The van der Waals surface area contributed by atoms with Gasteiger partial charge in [0.15, 0.2) is 5.82 Å². The number of hydrogen-bond acceptors (Lipinski definition) is 6. The molecule has 0 spiro atoms. The van der Waals surface area contributed by atoms with E-state index in [0.29, 0.717) is 0 Å². The van der Waals surface area contributed by atoms with Gasteiger partial charge >= 0.3 is 5.97 Å². The van der Waals surface area contributed by atoms with Crippen molar-refractivity contribution in [2.75, 3.05) is 37.4 Å². The molecule has 0 radical (unpaired) electrons. The van der Waals surface area contributed by atoms with E-state index in [1.54, 1.807) is 6.92 Å². The van der Waals surface area contributed by atoms with Gasteiger partial charge in [-0.25, -0.2) is 17.1 Å². The quantitative estimate of drug-likeness (QED) is 0.607. The van der Waals surface area contributed by atoms with E-state index in [2.05, 4.69) is 0 Å². The molecule has 1 fully saturated rings. The van der Waals surface area contributed by atoms with Gasteiger partial charge in [-0.15, -0.1) is 0 Å². The summed E-state index contributed by atoms with van der Waals surface area (Å²) in [5.74, 6) is -2.74. The van der Waals surface area contributed by atoms with E-state index in [4.69, 9.17) is 16.2 Å². The molecule has 2 rings (SSSR count). The minimum atomic E-state index is -3.51. The molecule has 0 aliphatic carbocycles. The Balaban J connectivity index is 2.44. The van der Waals surface area contributed by atoms with Gasteiger partial charge in [-0.05, 0) is 18.6 Å². The van der Waals surface area contributed by atoms with Crippen LogP contribution in [0.15, 0.2) is 12.1 Å². The monoisotopic (exact) mass is 345 g/mol. The number of nitrogens with zero attached hydrogens (tertiary/aromatic N) is 1. The number of ether oxygens (including phenoxy) is 1. The van der Waals surface area contributed by atoms with Gasteiger partial charge in [0.25, 0.3) is 0 Å². The van der Waals surface area contributed by atoms with Crippen LogP contribution in [0.2, 0.25) is 0 Å². The SMILES string of the molecule is CCOC(=O)C1CN(S(C)(=O)=O)CC1c1ccc(N)c(N)c1F. The van der Waals surface area contributed by atoms with Gasteiger partial charge < -0.3 is 16.2 Å². The molecular weight excluding hydrogens is 325 g/mol. The number of carbonyl (C=O) groups is 1. The molecule has 1 aliphatic rings. The molecule has 1 heterocycles. The summed E-state index contributed by atoms with van der Waals surface area (Å²) in [4.78, 5) is 12.1. The van der Waals surface area contributed by atoms with Crippen LogP contribution >= 0.6 is 0 Å². The molecule has 1 saturated heterocycles. The Morgan fingerprint density at radius 2 is 2.04 bits per heavy atom. The summed E-state index contributed by atoms with van der Waals surface area (Å²) in [5, 5.41) is 0. The van der Waals surface area contributed by atoms with Gasteiger partial charge in [0.05, 0.1) is 30.2 Å². The molecule has 2 unspecified atom stereocenters. The standard InChI is InChI=1S/C14H20FN3O4S/c1-3-22-14(19)10-7-18(23(2,20)21)6-9(10)8-4-5-11(16)13(17)12(8)15/h4-5,9-10H,3,6-7,16-17H2,1-2H3. The zero-order valence-corrected chi connectivity index (χ0v) is 13.8. The highest BCUT2D eigenvalue weighted by Crippen LogP contribution is 2.38. The molecular formula is C14H20FN3O4S. The molecule has 23 heavy (non-hydrogen) atoms. The molecule has 1 aromatic rings. The second-order valence-electron chi connectivity index (χ2n) is 5.52. The summed E-state index contributed by atoms with van der Waals surface area (Å²) in [5.41, 5.74) is 11.2. The third kappa shape index (κ3) is 3.40. The molecule has 0 bridgehead atoms. The number of benzene rings is 1. The van der Waals surface area contributed by atoms with Gasteiger partial charge in [0.1, 0.15) is 0 Å². The van der Waals surface area contributed by atoms with Crippen LogP contribution in [0.3, 0.4) is 0 Å². The van der Waals surface area contributed by atoms with Crippen molar-refractivity contribution in [3.63, 3.8) is 0 Å². The number of nitrogens with two attached hydrogens (primary N) is 2. The van der Waals surface area contributed by atoms with Crippen LogP contribution < -0.4 is 11.5 Å². The largest absolute Gasteiger partial charge is 0.466 e. The molecule has 1 aromatic carbocycles. The number of anilines is 2. The molecule has 0 amide bonds. The highest BCUT2D eigenvalue weighted by atomic mass is 32.2. The molecule has 9 heteroatoms. The van der Waals surface area contributed by atoms with Crippen LogP contribution in [0.5, 0.6) is 0 Å². The third-order valence-electron chi connectivity index (χ3n) is 3.99. The van der Waals surface area contributed by atoms with Crippen molar-refractivity contribution in [2.24, 2.45) is 5.92 Å². The van der Waals surface area contributed by atoms with E-state index in [-0.39, 0.29) is 36.6 Å². The van der Waals surface area contributed by atoms with Gasteiger partial charge in [-0.2, -0.15) is 0 Å². The number of carbonyl (C=O) groups excluding carboxylic acids is 1. The Bertz CT molecular complexity index is 723. The first-order valence-corrected chi connectivity index (χ1v) is 8.96. The van der Waals surface area contributed by atoms with E-state index in [0.717, 1.165) is 10.6 Å². The van der Waals surface area contributed by atoms with Gasteiger partial charge in [0.2, 0.25) is 10.0 Å². The lowest BCUT2D eigenvalue weighted by molar-refractivity contribution is -0.147. The number of esters is 1. The Morgan fingerprint density at radius 1 is 1.39 bits per heavy atom. The number of rotatable bonds is 4. The summed E-state index contributed by atoms with van der Waals surface area (Å²) in [6, 6.07) is 2.88. The molecule has 0 saturated carbocycles. The Morgan fingerprint density at radius 3 is 2.61 bits per heavy atom. The van der Waals surface area contributed by atoms with Crippen molar-refractivity contribution in [3.8, 4) is 0 Å². The fourth-order valence-corrected chi connectivity index (χ4v) is 3.62. The van der Waals surface area contributed by atoms with Crippen molar-refractivity contribution in [1.82, 2.24) is 4.31 Å². The van der Waals surface area contributed by atoms with Crippen molar-refractivity contribution < 1.29 is 22.3 Å². The lowest BCUT2D eigenvalue weighted by Gasteiger charge is -2.19. The van der Waals surface area contributed by atoms with Crippen LogP contribution in [0, 0.1) is 11.7 Å². The summed E-state index contributed by atoms with van der Waals surface area (Å²) < 4.78 is 44.1. The van der Waals surface area contributed by atoms with Crippen molar-refractivity contribution in [1.29, 1.82) is 0 Å². The van der Waals surface area contributed by atoms with Crippen LogP contribution in [0.25, 0.3) is 0 Å². The molecule has 1 aliphatic heterocycles. The van der Waals surface area contributed by atoms with E-state index in [1.165, 1.54) is 12.1 Å². The first-order valence-electron chi connectivity index (χ1n) is 7.11. The average molecular weight is 345 g/mol. The zero-order chi connectivity index (χ0) is 17.4. The molecule has 4 N–H and O–H groups in total. The maximum Gasteiger partial charge on any atom is 0.310 e. The van der Waals surface area contributed by atoms with E-state index >= 15 is 0 Å². The Hall–Kier alpha value is -1.87. The summed E-state index contributed by atoms with van der Waals surface area (Å²) >= 11 is 0. The lowest BCUT2D eigenvalue weighted by atomic mass is 9.88. The fourth-order valence-electron chi connectivity index (χ4n) is 2.75. The lowest BCUT2D eigenvalue weighted by Crippen LogP contribution is -2.29. The predicted octanol–water partition coefficient (Wildman–Crippen LogP) is 0.528. The second kappa shape index (κ2) is 6.32. The smallest absolute Gasteiger partial charge is 0.310 e. The van der Waals surface area contributed by atoms with E-state index < -0.39 is 33.6 Å². The number of halogens is 1. The molecule has 2 atom stereocenters. The van der Waals surface area contributed by atoms with Gasteiger partial charge in [0, 0.05) is 19.0 Å². The highest BCUT2D eigenvalue weighted by Gasteiger charge is 2.43. The first kappa shape index (κ1) is 17.5. The van der Waals surface area contributed by atoms with Crippen LogP contribution in [-0.2, 0) is 19.6 Å².